The Labute approximate surface area is 144 Å². The molecule has 0 unspecified atom stereocenters. The van der Waals surface area contributed by atoms with Crippen LogP contribution in [0.4, 0.5) is 0 Å². The van der Waals surface area contributed by atoms with Gasteiger partial charge < -0.3 is 16.0 Å². The lowest BCUT2D eigenvalue weighted by Crippen LogP contribution is -2.51. The molecule has 0 bridgehead atoms. The molecule has 0 radical (unpaired) electrons. The van der Waals surface area contributed by atoms with Gasteiger partial charge in [-0.1, -0.05) is 32.0 Å². The van der Waals surface area contributed by atoms with Crippen molar-refractivity contribution in [2.45, 2.75) is 38.8 Å². The van der Waals surface area contributed by atoms with Crippen molar-refractivity contribution < 1.29 is 9.59 Å². The van der Waals surface area contributed by atoms with Crippen LogP contribution in [0.1, 0.15) is 37.0 Å². The van der Waals surface area contributed by atoms with Crippen LogP contribution in [0.25, 0.3) is 0 Å². The summed E-state index contributed by atoms with van der Waals surface area (Å²) in [6.45, 7) is 5.20. The summed E-state index contributed by atoms with van der Waals surface area (Å²) in [5.41, 5.74) is 6.57. The van der Waals surface area contributed by atoms with Crippen molar-refractivity contribution in [3.63, 3.8) is 0 Å². The van der Waals surface area contributed by atoms with E-state index in [0.29, 0.717) is 18.7 Å². The highest BCUT2D eigenvalue weighted by Gasteiger charge is 2.26. The van der Waals surface area contributed by atoms with Gasteiger partial charge in [-0.2, -0.15) is 0 Å². The van der Waals surface area contributed by atoms with Crippen LogP contribution >= 0.6 is 12.4 Å². The summed E-state index contributed by atoms with van der Waals surface area (Å²) in [6, 6.07) is 8.94. The zero-order valence-corrected chi connectivity index (χ0v) is 14.5. The first kappa shape index (κ1) is 19.5. The molecule has 1 aliphatic heterocycles. The SMILES string of the molecule is CC(C)[C@H](N)C(=O)NC1CCN(C(=O)c2ccccc2)CC1.Cl. The largest absolute Gasteiger partial charge is 0.352 e. The summed E-state index contributed by atoms with van der Waals surface area (Å²) in [6.07, 6.45) is 1.55. The molecule has 128 valence electrons. The van der Waals surface area contributed by atoms with E-state index in [1.165, 1.54) is 0 Å². The smallest absolute Gasteiger partial charge is 0.253 e. The van der Waals surface area contributed by atoms with E-state index in [4.69, 9.17) is 5.73 Å². The number of carbonyl (C=O) groups is 2. The molecular weight excluding hydrogens is 314 g/mol. The molecule has 0 aliphatic carbocycles. The number of rotatable bonds is 4. The number of piperidine rings is 1. The van der Waals surface area contributed by atoms with Crippen LogP contribution in [0.2, 0.25) is 0 Å². The van der Waals surface area contributed by atoms with Crippen LogP contribution in [-0.4, -0.2) is 41.9 Å². The summed E-state index contributed by atoms with van der Waals surface area (Å²) in [7, 11) is 0. The highest BCUT2D eigenvalue weighted by Crippen LogP contribution is 2.14. The molecule has 2 amide bonds. The zero-order valence-electron chi connectivity index (χ0n) is 13.7. The van der Waals surface area contributed by atoms with Gasteiger partial charge in [-0.25, -0.2) is 0 Å². The molecule has 1 saturated heterocycles. The predicted molar refractivity (Wildman–Crippen MR) is 93.6 cm³/mol. The Kier molecular flexibility index (Phi) is 7.52. The maximum Gasteiger partial charge on any atom is 0.253 e. The van der Waals surface area contributed by atoms with E-state index in [9.17, 15) is 9.59 Å². The maximum absolute atomic E-state index is 12.3. The lowest BCUT2D eigenvalue weighted by atomic mass is 10.0. The van der Waals surface area contributed by atoms with E-state index in [2.05, 4.69) is 5.32 Å². The van der Waals surface area contributed by atoms with Gasteiger partial charge in [-0.3, -0.25) is 9.59 Å². The van der Waals surface area contributed by atoms with E-state index in [-0.39, 0.29) is 36.2 Å². The third-order valence-electron chi connectivity index (χ3n) is 4.17. The van der Waals surface area contributed by atoms with Crippen molar-refractivity contribution in [3.8, 4) is 0 Å². The van der Waals surface area contributed by atoms with Gasteiger partial charge in [0, 0.05) is 24.7 Å². The van der Waals surface area contributed by atoms with Gasteiger partial charge in [0.05, 0.1) is 6.04 Å². The number of likely N-dealkylation sites (tertiary alicyclic amines) is 1. The lowest BCUT2D eigenvalue weighted by Gasteiger charge is -2.33. The second-order valence-corrected chi connectivity index (χ2v) is 6.21. The van der Waals surface area contributed by atoms with Gasteiger partial charge in [-0.05, 0) is 30.9 Å². The molecule has 5 nitrogen and oxygen atoms in total. The Morgan fingerprint density at radius 3 is 2.26 bits per heavy atom. The minimum atomic E-state index is -0.469. The maximum atomic E-state index is 12.3. The van der Waals surface area contributed by atoms with Crippen molar-refractivity contribution in [1.82, 2.24) is 10.2 Å². The summed E-state index contributed by atoms with van der Waals surface area (Å²) in [4.78, 5) is 26.2. The Morgan fingerprint density at radius 1 is 1.17 bits per heavy atom. The standard InChI is InChI=1S/C17H25N3O2.ClH/c1-12(2)15(18)16(21)19-14-8-10-20(11-9-14)17(22)13-6-4-3-5-7-13;/h3-7,12,14-15H,8-11,18H2,1-2H3,(H,19,21);1H/t15-;/m0./s1. The molecule has 0 spiro atoms. The van der Waals surface area contributed by atoms with Crippen molar-refractivity contribution in [2.75, 3.05) is 13.1 Å². The average molecular weight is 340 g/mol. The Hall–Kier alpha value is -1.59. The molecule has 1 fully saturated rings. The quantitative estimate of drug-likeness (QED) is 0.878. The average Bonchev–Trinajstić information content (AvgIpc) is 2.54. The molecule has 1 aromatic carbocycles. The highest BCUT2D eigenvalue weighted by atomic mass is 35.5. The Morgan fingerprint density at radius 2 is 1.74 bits per heavy atom. The van der Waals surface area contributed by atoms with Crippen molar-refractivity contribution >= 4 is 24.2 Å². The second-order valence-electron chi connectivity index (χ2n) is 6.21. The van der Waals surface area contributed by atoms with Crippen LogP contribution in [0.15, 0.2) is 30.3 Å². The van der Waals surface area contributed by atoms with E-state index in [1.807, 2.05) is 49.1 Å². The highest BCUT2D eigenvalue weighted by molar-refractivity contribution is 5.94. The number of nitrogens with zero attached hydrogens (tertiary/aromatic N) is 1. The molecule has 1 aromatic rings. The van der Waals surface area contributed by atoms with Gasteiger partial charge in [-0.15, -0.1) is 12.4 Å². The normalized spacial score (nSPS) is 16.6. The molecule has 0 saturated carbocycles. The monoisotopic (exact) mass is 339 g/mol. The number of benzene rings is 1. The minimum absolute atomic E-state index is 0. The van der Waals surface area contributed by atoms with E-state index in [0.717, 1.165) is 12.8 Å². The van der Waals surface area contributed by atoms with Crippen LogP contribution < -0.4 is 11.1 Å². The van der Waals surface area contributed by atoms with Gasteiger partial charge >= 0.3 is 0 Å². The summed E-state index contributed by atoms with van der Waals surface area (Å²) < 4.78 is 0. The van der Waals surface area contributed by atoms with E-state index >= 15 is 0 Å². The number of halogens is 1. The molecular formula is C17H26ClN3O2. The first-order valence-corrected chi connectivity index (χ1v) is 7.89. The molecule has 2 rings (SSSR count). The molecule has 3 N–H and O–H groups in total. The lowest BCUT2D eigenvalue weighted by molar-refractivity contribution is -0.124. The molecule has 1 atom stereocenters. The van der Waals surface area contributed by atoms with Crippen LogP contribution in [0.3, 0.4) is 0 Å². The topological polar surface area (TPSA) is 75.4 Å². The molecule has 23 heavy (non-hydrogen) atoms. The summed E-state index contributed by atoms with van der Waals surface area (Å²) >= 11 is 0. The van der Waals surface area contributed by atoms with Gasteiger partial charge in [0.25, 0.3) is 5.91 Å². The van der Waals surface area contributed by atoms with Gasteiger partial charge in [0.2, 0.25) is 5.91 Å². The summed E-state index contributed by atoms with van der Waals surface area (Å²) in [5.74, 6) is 0.0897. The van der Waals surface area contributed by atoms with Gasteiger partial charge in [0.15, 0.2) is 0 Å². The number of hydrogen-bond donors (Lipinski definition) is 2. The first-order valence-electron chi connectivity index (χ1n) is 7.89. The van der Waals surface area contributed by atoms with Crippen LogP contribution in [0.5, 0.6) is 0 Å². The fraction of sp³-hybridized carbons (Fsp3) is 0.529. The number of hydrogen-bond acceptors (Lipinski definition) is 3. The second kappa shape index (κ2) is 8.89. The van der Waals surface area contributed by atoms with Gasteiger partial charge in [0.1, 0.15) is 0 Å². The zero-order chi connectivity index (χ0) is 16.1. The third kappa shape index (κ3) is 5.22. The van der Waals surface area contributed by atoms with Crippen molar-refractivity contribution in [1.29, 1.82) is 0 Å². The molecule has 6 heteroatoms. The molecule has 1 heterocycles. The third-order valence-corrected chi connectivity index (χ3v) is 4.17. The Balaban J connectivity index is 0.00000264. The Bertz CT molecular complexity index is 514. The predicted octanol–water partition coefficient (Wildman–Crippen LogP) is 1.81. The minimum Gasteiger partial charge on any atom is -0.352 e. The first-order chi connectivity index (χ1) is 10.5. The number of nitrogens with two attached hydrogens (primary N) is 1. The summed E-state index contributed by atoms with van der Waals surface area (Å²) in [5, 5.41) is 3.00. The number of carbonyl (C=O) groups excluding carboxylic acids is 2. The van der Waals surface area contributed by atoms with Crippen LogP contribution in [-0.2, 0) is 4.79 Å². The van der Waals surface area contributed by atoms with Crippen molar-refractivity contribution in [2.24, 2.45) is 11.7 Å². The fourth-order valence-electron chi connectivity index (χ4n) is 2.59. The molecule has 1 aliphatic rings. The van der Waals surface area contributed by atoms with E-state index in [1.54, 1.807) is 0 Å². The fourth-order valence-corrected chi connectivity index (χ4v) is 2.59. The van der Waals surface area contributed by atoms with E-state index < -0.39 is 6.04 Å². The number of amides is 2. The van der Waals surface area contributed by atoms with Crippen LogP contribution in [0, 0.1) is 5.92 Å². The number of nitrogens with one attached hydrogen (secondary N) is 1. The van der Waals surface area contributed by atoms with Crippen molar-refractivity contribution in [3.05, 3.63) is 35.9 Å². The molecule has 0 aromatic heterocycles.